The molecule has 2 atom stereocenters. The van der Waals surface area contributed by atoms with Crippen LogP contribution in [0.4, 0.5) is 0 Å². The van der Waals surface area contributed by atoms with Crippen molar-refractivity contribution in [3.63, 3.8) is 0 Å². The highest BCUT2D eigenvalue weighted by Gasteiger charge is 2.44. The number of nitrogens with zero attached hydrogens (tertiary/aromatic N) is 6. The van der Waals surface area contributed by atoms with E-state index in [1.165, 1.54) is 12.4 Å². The highest BCUT2D eigenvalue weighted by molar-refractivity contribution is 5.88. The van der Waals surface area contributed by atoms with E-state index in [0.717, 1.165) is 0 Å². The minimum Gasteiger partial charge on any atom is -0.497 e. The van der Waals surface area contributed by atoms with Crippen LogP contribution >= 0.6 is 0 Å². The summed E-state index contributed by atoms with van der Waals surface area (Å²) >= 11 is 0. The Morgan fingerprint density at radius 1 is 1.22 bits per heavy atom. The molecule has 12 heteroatoms. The van der Waals surface area contributed by atoms with Gasteiger partial charge in [-0.2, -0.15) is 4.68 Å². The number of rotatable bonds is 8. The van der Waals surface area contributed by atoms with Gasteiger partial charge in [-0.05, 0) is 68.3 Å². The molecule has 190 valence electrons. The van der Waals surface area contributed by atoms with E-state index >= 15 is 0 Å². The number of amides is 1. The second kappa shape index (κ2) is 9.97. The van der Waals surface area contributed by atoms with Gasteiger partial charge in [-0.15, -0.1) is 5.10 Å². The van der Waals surface area contributed by atoms with Crippen LogP contribution < -0.4 is 15.4 Å². The van der Waals surface area contributed by atoms with E-state index in [1.54, 1.807) is 44.7 Å². The number of carbonyl (C=O) groups excluding carboxylic acids is 2. The largest absolute Gasteiger partial charge is 0.497 e. The highest BCUT2D eigenvalue weighted by Crippen LogP contribution is 2.29. The number of nitrogens with one attached hydrogen (secondary N) is 2. The Balaban J connectivity index is 1.74. The quantitative estimate of drug-likeness (QED) is 0.444. The zero-order valence-corrected chi connectivity index (χ0v) is 21.0. The van der Waals surface area contributed by atoms with E-state index in [1.807, 2.05) is 19.1 Å². The van der Waals surface area contributed by atoms with Crippen molar-refractivity contribution >= 4 is 11.9 Å². The molecule has 0 saturated carbocycles. The standard InChI is InChI=1S/C24H30N8O4/c1-6-24(11-12-25-22(24)34)28-19(17-13-27-18(14-26-17)21(33)36-23(2,3)4)20-29-30-31-32(20)15-7-9-16(35-5)10-8-15/h7-10,13-14,19,28H,6,11-12H2,1-5H3,(H,25,34). The number of esters is 1. The molecule has 3 aromatic rings. The molecule has 1 fully saturated rings. The van der Waals surface area contributed by atoms with Gasteiger partial charge in [-0.25, -0.2) is 9.78 Å². The van der Waals surface area contributed by atoms with Crippen molar-refractivity contribution in [2.75, 3.05) is 13.7 Å². The first-order valence-electron chi connectivity index (χ1n) is 11.7. The monoisotopic (exact) mass is 494 g/mol. The van der Waals surface area contributed by atoms with Gasteiger partial charge in [0, 0.05) is 6.54 Å². The molecular formula is C24H30N8O4. The summed E-state index contributed by atoms with van der Waals surface area (Å²) in [6.45, 7) is 7.84. The number of methoxy groups -OCH3 is 1. The fourth-order valence-corrected chi connectivity index (χ4v) is 4.00. The van der Waals surface area contributed by atoms with Crippen LogP contribution in [0.5, 0.6) is 5.75 Å². The highest BCUT2D eigenvalue weighted by atomic mass is 16.6. The summed E-state index contributed by atoms with van der Waals surface area (Å²) in [6.07, 6.45) is 3.96. The Labute approximate surface area is 208 Å². The van der Waals surface area contributed by atoms with Crippen molar-refractivity contribution in [1.82, 2.24) is 40.8 Å². The Hall–Kier alpha value is -3.93. The van der Waals surface area contributed by atoms with E-state index in [2.05, 4.69) is 36.1 Å². The molecule has 0 spiro atoms. The smallest absolute Gasteiger partial charge is 0.359 e. The number of carbonyl (C=O) groups is 2. The summed E-state index contributed by atoms with van der Waals surface area (Å²) in [4.78, 5) is 34.0. The third kappa shape index (κ3) is 5.18. The van der Waals surface area contributed by atoms with Crippen molar-refractivity contribution < 1.29 is 19.1 Å². The molecule has 36 heavy (non-hydrogen) atoms. The van der Waals surface area contributed by atoms with Crippen LogP contribution in [0.15, 0.2) is 36.7 Å². The summed E-state index contributed by atoms with van der Waals surface area (Å²) in [7, 11) is 1.59. The maximum absolute atomic E-state index is 12.8. The average Bonchev–Trinajstić information content (AvgIpc) is 3.49. The van der Waals surface area contributed by atoms with Gasteiger partial charge >= 0.3 is 5.97 Å². The first-order valence-corrected chi connectivity index (χ1v) is 11.7. The van der Waals surface area contributed by atoms with Gasteiger partial charge in [0.05, 0.1) is 30.9 Å². The lowest BCUT2D eigenvalue weighted by molar-refractivity contribution is -0.125. The van der Waals surface area contributed by atoms with Crippen molar-refractivity contribution in [2.24, 2.45) is 0 Å². The molecule has 0 radical (unpaired) electrons. The van der Waals surface area contributed by atoms with Crippen LogP contribution in [-0.4, -0.2) is 66.8 Å². The Morgan fingerprint density at radius 3 is 2.53 bits per heavy atom. The van der Waals surface area contributed by atoms with Gasteiger partial charge in [0.15, 0.2) is 11.5 Å². The minimum atomic E-state index is -0.840. The molecule has 2 aromatic heterocycles. The Kier molecular flexibility index (Phi) is 6.97. The molecule has 1 saturated heterocycles. The lowest BCUT2D eigenvalue weighted by Crippen LogP contribution is -2.52. The van der Waals surface area contributed by atoms with Crippen LogP contribution in [0.3, 0.4) is 0 Å². The predicted molar refractivity (Wildman–Crippen MR) is 129 cm³/mol. The third-order valence-electron chi connectivity index (χ3n) is 5.94. The number of tetrazole rings is 1. The first-order chi connectivity index (χ1) is 17.2. The van der Waals surface area contributed by atoms with Gasteiger partial charge in [0.2, 0.25) is 5.91 Å². The molecule has 2 N–H and O–H groups in total. The number of ether oxygens (including phenoxy) is 2. The fraction of sp³-hybridized carbons (Fsp3) is 0.458. The third-order valence-corrected chi connectivity index (χ3v) is 5.94. The van der Waals surface area contributed by atoms with Crippen LogP contribution in [-0.2, 0) is 9.53 Å². The molecule has 1 amide bonds. The van der Waals surface area contributed by atoms with E-state index < -0.39 is 23.2 Å². The van der Waals surface area contributed by atoms with Gasteiger partial charge < -0.3 is 14.8 Å². The molecule has 1 aromatic carbocycles. The van der Waals surface area contributed by atoms with E-state index in [9.17, 15) is 9.59 Å². The maximum Gasteiger partial charge on any atom is 0.359 e. The van der Waals surface area contributed by atoms with Crippen molar-refractivity contribution in [1.29, 1.82) is 0 Å². The zero-order valence-electron chi connectivity index (χ0n) is 21.0. The summed E-state index contributed by atoms with van der Waals surface area (Å²) in [5.41, 5.74) is -0.286. The summed E-state index contributed by atoms with van der Waals surface area (Å²) in [5, 5.41) is 18.7. The lowest BCUT2D eigenvalue weighted by atomic mass is 9.92. The molecule has 4 rings (SSSR count). The first kappa shape index (κ1) is 25.2. The molecular weight excluding hydrogens is 464 g/mol. The normalized spacial score (nSPS) is 18.5. The molecule has 1 aliphatic rings. The summed E-state index contributed by atoms with van der Waals surface area (Å²) in [6, 6.07) is 6.55. The predicted octanol–water partition coefficient (Wildman–Crippen LogP) is 1.76. The van der Waals surface area contributed by atoms with Gasteiger partial charge in [-0.3, -0.25) is 15.1 Å². The van der Waals surface area contributed by atoms with Gasteiger partial charge in [-0.1, -0.05) is 6.92 Å². The Bertz CT molecular complexity index is 1220. The fourth-order valence-electron chi connectivity index (χ4n) is 4.00. The number of hydrogen-bond donors (Lipinski definition) is 2. The second-order valence-electron chi connectivity index (χ2n) is 9.49. The number of benzene rings is 1. The van der Waals surface area contributed by atoms with E-state index in [0.29, 0.717) is 42.3 Å². The summed E-state index contributed by atoms with van der Waals surface area (Å²) < 4.78 is 12.2. The van der Waals surface area contributed by atoms with Crippen LogP contribution in [0.1, 0.15) is 68.6 Å². The lowest BCUT2D eigenvalue weighted by Gasteiger charge is -2.31. The zero-order chi connectivity index (χ0) is 25.9. The van der Waals surface area contributed by atoms with Crippen LogP contribution in [0.2, 0.25) is 0 Å². The van der Waals surface area contributed by atoms with E-state index in [4.69, 9.17) is 9.47 Å². The van der Waals surface area contributed by atoms with E-state index in [-0.39, 0.29) is 11.6 Å². The van der Waals surface area contributed by atoms with Crippen molar-refractivity contribution in [2.45, 2.75) is 57.7 Å². The summed E-state index contributed by atoms with van der Waals surface area (Å²) in [5.74, 6) is 0.428. The average molecular weight is 495 g/mol. The van der Waals surface area contributed by atoms with Crippen LogP contribution in [0, 0.1) is 0 Å². The second-order valence-corrected chi connectivity index (χ2v) is 9.49. The molecule has 2 unspecified atom stereocenters. The molecule has 3 heterocycles. The molecule has 0 bridgehead atoms. The maximum atomic E-state index is 12.8. The SMILES string of the molecule is CCC1(NC(c2cnc(C(=O)OC(C)(C)C)cn2)c2nnnn2-c2ccc(OC)cc2)CCNC1=O. The Morgan fingerprint density at radius 2 is 1.97 bits per heavy atom. The van der Waals surface area contributed by atoms with Crippen molar-refractivity contribution in [3.8, 4) is 11.4 Å². The topological polar surface area (TPSA) is 146 Å². The van der Waals surface area contributed by atoms with Crippen molar-refractivity contribution in [3.05, 3.63) is 53.9 Å². The minimum absolute atomic E-state index is 0.0750. The molecule has 12 nitrogen and oxygen atoms in total. The van der Waals surface area contributed by atoms with Gasteiger partial charge in [0.1, 0.15) is 22.9 Å². The van der Waals surface area contributed by atoms with Gasteiger partial charge in [0.25, 0.3) is 0 Å². The molecule has 1 aliphatic heterocycles. The van der Waals surface area contributed by atoms with Crippen LogP contribution in [0.25, 0.3) is 5.69 Å². The number of hydrogen-bond acceptors (Lipinski definition) is 10. The number of aromatic nitrogens is 6. The molecule has 0 aliphatic carbocycles.